The maximum absolute atomic E-state index is 11.5. The zero-order valence-electron chi connectivity index (χ0n) is 8.60. The number of amides is 1. The second-order valence-corrected chi connectivity index (χ2v) is 3.42. The molecule has 1 amide bonds. The molecule has 1 rings (SSSR count). The lowest BCUT2D eigenvalue weighted by molar-refractivity contribution is 0.0802. The van der Waals surface area contributed by atoms with Gasteiger partial charge in [-0.1, -0.05) is 17.7 Å². The zero-order valence-corrected chi connectivity index (χ0v) is 8.60. The summed E-state index contributed by atoms with van der Waals surface area (Å²) in [6.45, 7) is 1.61. The van der Waals surface area contributed by atoms with E-state index in [1.165, 1.54) is 0 Å². The average molecular weight is 209 g/mol. The van der Waals surface area contributed by atoms with E-state index in [1.54, 1.807) is 18.2 Å². The van der Waals surface area contributed by atoms with Gasteiger partial charge in [-0.25, -0.2) is 0 Å². The van der Waals surface area contributed by atoms with E-state index in [-0.39, 0.29) is 19.1 Å². The maximum atomic E-state index is 11.5. The van der Waals surface area contributed by atoms with E-state index in [4.69, 9.17) is 10.2 Å². The molecule has 3 N–H and O–H groups in total. The Morgan fingerprint density at radius 1 is 1.53 bits per heavy atom. The molecule has 0 spiro atoms. The summed E-state index contributed by atoms with van der Waals surface area (Å²) in [5.41, 5.74) is 1.56. The lowest BCUT2D eigenvalue weighted by Crippen LogP contribution is -2.33. The maximum Gasteiger partial charge on any atom is 0.251 e. The molecule has 0 saturated carbocycles. The van der Waals surface area contributed by atoms with Crippen LogP contribution < -0.4 is 5.32 Å². The number of rotatable bonds is 4. The van der Waals surface area contributed by atoms with Crippen LogP contribution in [0.3, 0.4) is 0 Å². The van der Waals surface area contributed by atoms with Crippen molar-refractivity contribution in [3.8, 4) is 0 Å². The van der Waals surface area contributed by atoms with Gasteiger partial charge in [-0.05, 0) is 19.1 Å². The van der Waals surface area contributed by atoms with E-state index < -0.39 is 6.10 Å². The fourth-order valence-electron chi connectivity index (χ4n) is 1.16. The van der Waals surface area contributed by atoms with Crippen LogP contribution in [0.4, 0.5) is 0 Å². The predicted molar refractivity (Wildman–Crippen MR) is 56.6 cm³/mol. The molecule has 0 heterocycles. The third-order valence-corrected chi connectivity index (χ3v) is 1.99. The van der Waals surface area contributed by atoms with Crippen molar-refractivity contribution in [3.63, 3.8) is 0 Å². The molecule has 0 radical (unpaired) electrons. The molecule has 82 valence electrons. The third-order valence-electron chi connectivity index (χ3n) is 1.99. The van der Waals surface area contributed by atoms with Crippen molar-refractivity contribution in [3.05, 3.63) is 35.4 Å². The highest BCUT2D eigenvalue weighted by Gasteiger charge is 2.07. The fraction of sp³-hybridized carbons (Fsp3) is 0.364. The highest BCUT2D eigenvalue weighted by molar-refractivity contribution is 5.94. The summed E-state index contributed by atoms with van der Waals surface area (Å²) < 4.78 is 0. The van der Waals surface area contributed by atoms with Gasteiger partial charge in [-0.15, -0.1) is 0 Å². The Hall–Kier alpha value is -1.39. The molecule has 4 nitrogen and oxygen atoms in total. The van der Waals surface area contributed by atoms with Crippen LogP contribution in [0.5, 0.6) is 0 Å². The molecule has 0 bridgehead atoms. The van der Waals surface area contributed by atoms with Crippen LogP contribution in [0.2, 0.25) is 0 Å². The van der Waals surface area contributed by atoms with Gasteiger partial charge in [0.2, 0.25) is 0 Å². The lowest BCUT2D eigenvalue weighted by atomic mass is 10.1. The van der Waals surface area contributed by atoms with E-state index in [0.717, 1.165) is 5.56 Å². The van der Waals surface area contributed by atoms with E-state index in [2.05, 4.69) is 5.32 Å². The summed E-state index contributed by atoms with van der Waals surface area (Å²) in [4.78, 5) is 11.5. The SMILES string of the molecule is Cc1cccc(C(=O)NCC(O)CO)c1. The van der Waals surface area contributed by atoms with Gasteiger partial charge in [-0.2, -0.15) is 0 Å². The van der Waals surface area contributed by atoms with Crippen molar-refractivity contribution in [2.45, 2.75) is 13.0 Å². The minimum absolute atomic E-state index is 0.0588. The molecule has 4 heteroatoms. The first kappa shape index (κ1) is 11.7. The summed E-state index contributed by atoms with van der Waals surface area (Å²) in [7, 11) is 0. The van der Waals surface area contributed by atoms with Gasteiger partial charge in [0, 0.05) is 12.1 Å². The van der Waals surface area contributed by atoms with Crippen LogP contribution >= 0.6 is 0 Å². The van der Waals surface area contributed by atoms with Gasteiger partial charge in [0.1, 0.15) is 0 Å². The molecule has 1 aromatic rings. The van der Waals surface area contributed by atoms with Crippen LogP contribution in [-0.4, -0.2) is 35.4 Å². The van der Waals surface area contributed by atoms with Crippen molar-refractivity contribution in [1.29, 1.82) is 0 Å². The first-order valence-corrected chi connectivity index (χ1v) is 4.77. The molecule has 0 fully saturated rings. The Labute approximate surface area is 88.6 Å². The second kappa shape index (κ2) is 5.48. The summed E-state index contributed by atoms with van der Waals surface area (Å²) in [5.74, 6) is -0.244. The van der Waals surface area contributed by atoms with E-state index in [1.807, 2.05) is 13.0 Å². The van der Waals surface area contributed by atoms with Gasteiger partial charge in [0.05, 0.1) is 12.7 Å². The molecule has 1 atom stereocenters. The minimum Gasteiger partial charge on any atom is -0.394 e. The number of hydrogen-bond acceptors (Lipinski definition) is 3. The molecule has 0 aliphatic rings. The van der Waals surface area contributed by atoms with Crippen molar-refractivity contribution in [2.75, 3.05) is 13.2 Å². The number of hydrogen-bond donors (Lipinski definition) is 3. The summed E-state index contributed by atoms with van der Waals surface area (Å²) in [6.07, 6.45) is -0.904. The zero-order chi connectivity index (χ0) is 11.3. The standard InChI is InChI=1S/C11H15NO3/c1-8-3-2-4-9(5-8)11(15)12-6-10(14)7-13/h2-5,10,13-14H,6-7H2,1H3,(H,12,15). The number of aliphatic hydroxyl groups excluding tert-OH is 2. The van der Waals surface area contributed by atoms with Crippen molar-refractivity contribution in [2.24, 2.45) is 0 Å². The van der Waals surface area contributed by atoms with E-state index in [0.29, 0.717) is 5.56 Å². The number of benzene rings is 1. The van der Waals surface area contributed by atoms with Gasteiger partial charge < -0.3 is 15.5 Å². The summed E-state index contributed by atoms with van der Waals surface area (Å²) in [5, 5.41) is 20.1. The summed E-state index contributed by atoms with van der Waals surface area (Å²) >= 11 is 0. The number of carbonyl (C=O) groups is 1. The number of carbonyl (C=O) groups excluding carboxylic acids is 1. The topological polar surface area (TPSA) is 69.6 Å². The highest BCUT2D eigenvalue weighted by Crippen LogP contribution is 2.03. The van der Waals surface area contributed by atoms with Crippen molar-refractivity contribution < 1.29 is 15.0 Å². The van der Waals surface area contributed by atoms with Gasteiger partial charge in [0.25, 0.3) is 5.91 Å². The molecule has 15 heavy (non-hydrogen) atoms. The molecule has 1 unspecified atom stereocenters. The Balaban J connectivity index is 2.54. The molecular weight excluding hydrogens is 194 g/mol. The number of aliphatic hydroxyl groups is 2. The fourth-order valence-corrected chi connectivity index (χ4v) is 1.16. The lowest BCUT2D eigenvalue weighted by Gasteiger charge is -2.09. The van der Waals surface area contributed by atoms with Gasteiger partial charge in [-0.3, -0.25) is 4.79 Å². The second-order valence-electron chi connectivity index (χ2n) is 3.42. The van der Waals surface area contributed by atoms with Gasteiger partial charge in [0.15, 0.2) is 0 Å². The van der Waals surface area contributed by atoms with Crippen LogP contribution in [0.1, 0.15) is 15.9 Å². The molecular formula is C11H15NO3. The Bertz CT molecular complexity index is 338. The molecule has 1 aromatic carbocycles. The number of aryl methyl sites for hydroxylation is 1. The van der Waals surface area contributed by atoms with Crippen molar-refractivity contribution >= 4 is 5.91 Å². The minimum atomic E-state index is -0.904. The largest absolute Gasteiger partial charge is 0.394 e. The van der Waals surface area contributed by atoms with Crippen LogP contribution in [0, 0.1) is 6.92 Å². The van der Waals surface area contributed by atoms with Crippen LogP contribution in [0.15, 0.2) is 24.3 Å². The predicted octanol–water partition coefficient (Wildman–Crippen LogP) is 0.0780. The van der Waals surface area contributed by atoms with E-state index in [9.17, 15) is 4.79 Å². The monoisotopic (exact) mass is 209 g/mol. The first-order valence-electron chi connectivity index (χ1n) is 4.77. The smallest absolute Gasteiger partial charge is 0.251 e. The number of nitrogens with one attached hydrogen (secondary N) is 1. The average Bonchev–Trinajstić information content (AvgIpc) is 2.25. The van der Waals surface area contributed by atoms with Crippen molar-refractivity contribution in [1.82, 2.24) is 5.32 Å². The molecule has 0 saturated heterocycles. The third kappa shape index (κ3) is 3.69. The molecule has 0 aliphatic carbocycles. The van der Waals surface area contributed by atoms with Gasteiger partial charge >= 0.3 is 0 Å². The normalized spacial score (nSPS) is 12.2. The van der Waals surface area contributed by atoms with Crippen LogP contribution in [0.25, 0.3) is 0 Å². The Kier molecular flexibility index (Phi) is 4.27. The van der Waals surface area contributed by atoms with E-state index >= 15 is 0 Å². The first-order chi connectivity index (χ1) is 7.13. The Morgan fingerprint density at radius 3 is 2.87 bits per heavy atom. The Morgan fingerprint density at radius 2 is 2.27 bits per heavy atom. The van der Waals surface area contributed by atoms with Crippen LogP contribution in [-0.2, 0) is 0 Å². The molecule has 0 aromatic heterocycles. The molecule has 0 aliphatic heterocycles. The summed E-state index contributed by atoms with van der Waals surface area (Å²) in [6, 6.07) is 7.17. The quantitative estimate of drug-likeness (QED) is 0.657. The highest BCUT2D eigenvalue weighted by atomic mass is 16.3.